The minimum atomic E-state index is -4.37. The summed E-state index contributed by atoms with van der Waals surface area (Å²) in [7, 11) is 0. The largest absolute Gasteiger partial charge is 0.416 e. The van der Waals surface area contributed by atoms with Crippen LogP contribution in [0.15, 0.2) is 24.3 Å². The first-order chi connectivity index (χ1) is 13.4. The van der Waals surface area contributed by atoms with E-state index >= 15 is 0 Å². The highest BCUT2D eigenvalue weighted by Gasteiger charge is 2.51. The van der Waals surface area contributed by atoms with Gasteiger partial charge in [0.05, 0.1) is 11.3 Å². The number of carbonyl (C=O) groups excluding carboxylic acids is 1. The summed E-state index contributed by atoms with van der Waals surface area (Å²) in [6.07, 6.45) is -1.22. The summed E-state index contributed by atoms with van der Waals surface area (Å²) in [5, 5.41) is 0.577. The van der Waals surface area contributed by atoms with E-state index in [1.807, 2.05) is 4.90 Å². The fourth-order valence-electron chi connectivity index (χ4n) is 5.35. The highest BCUT2D eigenvalue weighted by Crippen LogP contribution is 2.53. The van der Waals surface area contributed by atoms with Gasteiger partial charge in [0.25, 0.3) is 5.91 Å². The minimum Gasteiger partial charge on any atom is -0.334 e. The van der Waals surface area contributed by atoms with E-state index in [-0.39, 0.29) is 22.8 Å². The van der Waals surface area contributed by atoms with Gasteiger partial charge in [-0.1, -0.05) is 32.9 Å². The van der Waals surface area contributed by atoms with Crippen LogP contribution in [0.25, 0.3) is 10.6 Å². The number of hydrogen-bond acceptors (Lipinski definition) is 3. The molecule has 1 amide bonds. The second-order valence-electron chi connectivity index (χ2n) is 9.66. The van der Waals surface area contributed by atoms with Crippen molar-refractivity contribution >= 4 is 17.2 Å². The molecule has 2 aromatic rings. The molecule has 2 atom stereocenters. The quantitative estimate of drug-likeness (QED) is 0.579. The van der Waals surface area contributed by atoms with Crippen molar-refractivity contribution in [2.75, 3.05) is 6.54 Å². The van der Waals surface area contributed by atoms with Crippen LogP contribution in [0, 0.1) is 17.8 Å². The Hall–Kier alpha value is -1.89. The number of rotatable bonds is 2. The van der Waals surface area contributed by atoms with Gasteiger partial charge in [0.2, 0.25) is 0 Å². The van der Waals surface area contributed by atoms with Gasteiger partial charge in [-0.15, -0.1) is 11.3 Å². The van der Waals surface area contributed by atoms with Crippen LogP contribution in [0.5, 0.6) is 0 Å². The molecule has 2 aliphatic rings. The number of nitrogens with zero attached hydrogens (tertiary/aromatic N) is 2. The zero-order valence-corrected chi connectivity index (χ0v) is 17.9. The molecule has 1 aliphatic carbocycles. The van der Waals surface area contributed by atoms with Gasteiger partial charge in [-0.3, -0.25) is 4.79 Å². The topological polar surface area (TPSA) is 33.2 Å². The SMILES string of the molecule is Cc1nc(-c2ccc(C(F)(F)F)cc2)sc1C(=O)N1CC2(C)CC1CC(C)(C)C2. The molecule has 29 heavy (non-hydrogen) atoms. The molecule has 156 valence electrons. The maximum absolute atomic E-state index is 13.3. The lowest BCUT2D eigenvalue weighted by molar-refractivity contribution is -0.137. The zero-order valence-electron chi connectivity index (χ0n) is 17.1. The molecular formula is C22H25F3N2OS. The summed E-state index contributed by atoms with van der Waals surface area (Å²) in [4.78, 5) is 20.4. The van der Waals surface area contributed by atoms with Gasteiger partial charge >= 0.3 is 6.18 Å². The predicted octanol–water partition coefficient (Wildman–Crippen LogP) is 6.18. The van der Waals surface area contributed by atoms with Crippen molar-refractivity contribution in [1.82, 2.24) is 9.88 Å². The summed E-state index contributed by atoms with van der Waals surface area (Å²) >= 11 is 1.27. The number of benzene rings is 1. The molecule has 0 spiro atoms. The number of fused-ring (bicyclic) bond motifs is 2. The van der Waals surface area contributed by atoms with Crippen LogP contribution < -0.4 is 0 Å². The number of carbonyl (C=O) groups is 1. The Morgan fingerprint density at radius 2 is 1.83 bits per heavy atom. The Bertz CT molecular complexity index is 948. The van der Waals surface area contributed by atoms with Crippen molar-refractivity contribution in [2.24, 2.45) is 10.8 Å². The third-order valence-electron chi connectivity index (χ3n) is 6.13. The molecule has 1 saturated carbocycles. The van der Waals surface area contributed by atoms with Crippen LogP contribution in [0.4, 0.5) is 13.2 Å². The molecule has 0 N–H and O–H groups in total. The van der Waals surface area contributed by atoms with Crippen LogP contribution in [-0.4, -0.2) is 28.4 Å². The van der Waals surface area contributed by atoms with Gasteiger partial charge in [0, 0.05) is 18.2 Å². The molecule has 2 heterocycles. The first kappa shape index (κ1) is 20.4. The van der Waals surface area contributed by atoms with Gasteiger partial charge in [-0.05, 0) is 49.1 Å². The maximum Gasteiger partial charge on any atom is 0.416 e. The van der Waals surface area contributed by atoms with Crippen LogP contribution >= 0.6 is 11.3 Å². The Balaban J connectivity index is 1.59. The Morgan fingerprint density at radius 3 is 2.45 bits per heavy atom. The van der Waals surface area contributed by atoms with E-state index in [0.717, 1.165) is 37.9 Å². The van der Waals surface area contributed by atoms with Crippen molar-refractivity contribution in [3.63, 3.8) is 0 Å². The molecule has 0 radical (unpaired) electrons. The van der Waals surface area contributed by atoms with Crippen LogP contribution in [0.2, 0.25) is 0 Å². The lowest BCUT2D eigenvalue weighted by atomic mass is 9.65. The summed E-state index contributed by atoms with van der Waals surface area (Å²) < 4.78 is 38.4. The number of aryl methyl sites for hydroxylation is 1. The molecule has 2 bridgehead atoms. The third-order valence-corrected chi connectivity index (χ3v) is 7.32. The number of hydrogen-bond donors (Lipinski definition) is 0. The summed E-state index contributed by atoms with van der Waals surface area (Å²) in [5.74, 6) is 0.00425. The molecule has 2 unspecified atom stereocenters. The van der Waals surface area contributed by atoms with E-state index in [0.29, 0.717) is 21.1 Å². The number of amides is 1. The molecule has 1 aromatic carbocycles. The van der Waals surface area contributed by atoms with E-state index in [9.17, 15) is 18.0 Å². The van der Waals surface area contributed by atoms with Crippen LogP contribution in [0.3, 0.4) is 0 Å². The van der Waals surface area contributed by atoms with Crippen LogP contribution in [0.1, 0.15) is 61.0 Å². The second-order valence-corrected chi connectivity index (χ2v) is 10.7. The van der Waals surface area contributed by atoms with E-state index in [1.54, 1.807) is 6.92 Å². The van der Waals surface area contributed by atoms with E-state index < -0.39 is 11.7 Å². The molecule has 2 fully saturated rings. The van der Waals surface area contributed by atoms with Gasteiger partial charge in [-0.2, -0.15) is 13.2 Å². The normalized spacial score (nSPS) is 26.0. The summed E-state index contributed by atoms with van der Waals surface area (Å²) in [6.45, 7) is 9.36. The Labute approximate surface area is 172 Å². The van der Waals surface area contributed by atoms with E-state index in [2.05, 4.69) is 25.8 Å². The first-order valence-electron chi connectivity index (χ1n) is 9.83. The fraction of sp³-hybridized carbons (Fsp3) is 0.545. The molecular weight excluding hydrogens is 397 g/mol. The van der Waals surface area contributed by atoms with Gasteiger partial charge < -0.3 is 4.90 Å². The molecule has 3 nitrogen and oxygen atoms in total. The third kappa shape index (κ3) is 3.81. The lowest BCUT2D eigenvalue weighted by Gasteiger charge is -2.39. The number of halogens is 3. The standard InChI is InChI=1S/C22H25F3N2OS/c1-13-17(19(28)27-12-21(4)10-16(27)9-20(2,3)11-21)29-18(26-13)14-5-7-15(8-6-14)22(23,24)25/h5-8,16H,9-12H2,1-4H3. The number of likely N-dealkylation sites (tertiary alicyclic amines) is 1. The zero-order chi connectivity index (χ0) is 21.2. The number of thiazole rings is 1. The monoisotopic (exact) mass is 422 g/mol. The average molecular weight is 423 g/mol. The second kappa shape index (κ2) is 6.56. The fourth-order valence-corrected chi connectivity index (χ4v) is 6.38. The summed E-state index contributed by atoms with van der Waals surface area (Å²) in [6, 6.07) is 5.19. The molecule has 1 saturated heterocycles. The molecule has 1 aliphatic heterocycles. The lowest BCUT2D eigenvalue weighted by Crippen LogP contribution is -2.37. The van der Waals surface area contributed by atoms with Crippen molar-refractivity contribution in [3.8, 4) is 10.6 Å². The maximum atomic E-state index is 13.3. The Morgan fingerprint density at radius 1 is 1.17 bits per heavy atom. The molecule has 4 rings (SSSR count). The minimum absolute atomic E-state index is 0.00425. The van der Waals surface area contributed by atoms with Crippen LogP contribution in [-0.2, 0) is 6.18 Å². The average Bonchev–Trinajstić information content (AvgIpc) is 3.10. The van der Waals surface area contributed by atoms with E-state index in [1.165, 1.54) is 23.5 Å². The summed E-state index contributed by atoms with van der Waals surface area (Å²) in [5.41, 5.74) is 0.919. The van der Waals surface area contributed by atoms with Crippen molar-refractivity contribution in [1.29, 1.82) is 0 Å². The highest BCUT2D eigenvalue weighted by molar-refractivity contribution is 7.17. The molecule has 7 heteroatoms. The number of alkyl halides is 3. The van der Waals surface area contributed by atoms with Gasteiger partial charge in [-0.25, -0.2) is 4.98 Å². The molecule has 1 aromatic heterocycles. The first-order valence-corrected chi connectivity index (χ1v) is 10.6. The van der Waals surface area contributed by atoms with Gasteiger partial charge in [0.1, 0.15) is 9.88 Å². The predicted molar refractivity (Wildman–Crippen MR) is 108 cm³/mol. The number of aromatic nitrogens is 1. The van der Waals surface area contributed by atoms with Gasteiger partial charge in [0.15, 0.2) is 0 Å². The smallest absolute Gasteiger partial charge is 0.334 e. The van der Waals surface area contributed by atoms with Crippen molar-refractivity contribution in [2.45, 2.75) is 59.2 Å². The highest BCUT2D eigenvalue weighted by atomic mass is 32.1. The Kier molecular flexibility index (Phi) is 4.61. The van der Waals surface area contributed by atoms with Crippen molar-refractivity contribution < 1.29 is 18.0 Å². The van der Waals surface area contributed by atoms with Crippen molar-refractivity contribution in [3.05, 3.63) is 40.4 Å². The van der Waals surface area contributed by atoms with E-state index in [4.69, 9.17) is 0 Å².